The Bertz CT molecular complexity index is 282. The Morgan fingerprint density at radius 2 is 2.47 bits per heavy atom. The average molecular weight is 223 g/mol. The number of hydrogen-bond acceptors (Lipinski definition) is 5. The van der Waals surface area contributed by atoms with Gasteiger partial charge in [-0.15, -0.1) is 0 Å². The minimum Gasteiger partial charge on any atom is -0.466 e. The molecule has 1 aliphatic rings. The van der Waals surface area contributed by atoms with Crippen molar-refractivity contribution in [2.24, 2.45) is 5.16 Å². The van der Waals surface area contributed by atoms with Gasteiger partial charge in [0.05, 0.1) is 25.2 Å². The summed E-state index contributed by atoms with van der Waals surface area (Å²) >= 11 is 0. The third-order valence-electron chi connectivity index (χ3n) is 1.78. The average Bonchev–Trinajstić information content (AvgIpc) is 2.49. The third kappa shape index (κ3) is 2.85. The van der Waals surface area contributed by atoms with Crippen LogP contribution in [0.1, 0.15) is 19.8 Å². The molecule has 1 N–H and O–H groups in total. The van der Waals surface area contributed by atoms with Gasteiger partial charge in [0, 0.05) is 0 Å². The predicted octanol–water partition coefficient (Wildman–Crippen LogP) is 0.670. The molecule has 0 aromatic heterocycles. The Morgan fingerprint density at radius 1 is 1.80 bits per heavy atom. The zero-order valence-corrected chi connectivity index (χ0v) is 8.07. The quantitative estimate of drug-likeness (QED) is 0.711. The number of ether oxygens (including phenoxy) is 1. The second kappa shape index (κ2) is 4.52. The number of rotatable bonds is 4. The summed E-state index contributed by atoms with van der Waals surface area (Å²) in [6.07, 6.45) is -3.80. The number of nitrogens with zero attached hydrogens (tertiary/aromatic N) is 1. The topological polar surface area (TPSA) is 68.1 Å². The van der Waals surface area contributed by atoms with E-state index in [4.69, 9.17) is 5.11 Å². The van der Waals surface area contributed by atoms with Crippen molar-refractivity contribution < 1.29 is 28.3 Å². The molecule has 0 amide bonds. The molecule has 0 spiro atoms. The number of carbonyl (C=O) groups excluding carboxylic acids is 1. The normalized spacial score (nSPS) is 25.0. The van der Waals surface area contributed by atoms with Gasteiger partial charge in [0.1, 0.15) is 0 Å². The molecule has 1 atom stereocenters. The van der Waals surface area contributed by atoms with Gasteiger partial charge in [-0.05, 0) is 6.92 Å². The van der Waals surface area contributed by atoms with Crippen molar-refractivity contribution in [1.29, 1.82) is 0 Å². The first-order chi connectivity index (χ1) is 6.98. The highest BCUT2D eigenvalue weighted by atomic mass is 19.3. The highest BCUT2D eigenvalue weighted by molar-refractivity contribution is 5.99. The molecule has 5 nitrogen and oxygen atoms in total. The fraction of sp³-hybridized carbons (Fsp3) is 0.750. The van der Waals surface area contributed by atoms with Crippen LogP contribution in [-0.2, 0) is 14.4 Å². The van der Waals surface area contributed by atoms with E-state index in [1.165, 1.54) is 0 Å². The summed E-state index contributed by atoms with van der Waals surface area (Å²) in [4.78, 5) is 15.1. The monoisotopic (exact) mass is 223 g/mol. The summed E-state index contributed by atoms with van der Waals surface area (Å²) in [5.41, 5.74) is 0.0521. The lowest BCUT2D eigenvalue weighted by Crippen LogP contribution is -2.37. The van der Waals surface area contributed by atoms with Crippen LogP contribution in [0, 0.1) is 0 Å². The predicted molar refractivity (Wildman–Crippen MR) is 45.3 cm³/mol. The van der Waals surface area contributed by atoms with E-state index in [2.05, 4.69) is 14.7 Å². The van der Waals surface area contributed by atoms with E-state index in [1.54, 1.807) is 6.92 Å². The zero-order chi connectivity index (χ0) is 11.5. The van der Waals surface area contributed by atoms with E-state index in [0.717, 1.165) is 0 Å². The van der Waals surface area contributed by atoms with E-state index in [1.807, 2.05) is 0 Å². The first-order valence-corrected chi connectivity index (χ1v) is 4.38. The molecule has 86 valence electrons. The summed E-state index contributed by atoms with van der Waals surface area (Å²) in [5, 5.41) is 12.4. The van der Waals surface area contributed by atoms with Crippen LogP contribution in [0.3, 0.4) is 0 Å². The number of hydrogen-bond donors (Lipinski definition) is 1. The van der Waals surface area contributed by atoms with Crippen molar-refractivity contribution in [1.82, 2.24) is 0 Å². The number of carbonyl (C=O) groups is 1. The molecule has 15 heavy (non-hydrogen) atoms. The van der Waals surface area contributed by atoms with Crippen molar-refractivity contribution in [3.8, 4) is 0 Å². The van der Waals surface area contributed by atoms with Crippen LogP contribution in [0.25, 0.3) is 0 Å². The molecule has 0 bridgehead atoms. The van der Waals surface area contributed by atoms with Gasteiger partial charge in [-0.25, -0.2) is 8.78 Å². The number of oxime groups is 1. The van der Waals surface area contributed by atoms with Gasteiger partial charge in [0.2, 0.25) is 0 Å². The molecule has 0 aromatic carbocycles. The molecule has 0 saturated carbocycles. The minimum absolute atomic E-state index is 0.0521. The number of halogens is 2. The van der Waals surface area contributed by atoms with E-state index < -0.39 is 24.6 Å². The zero-order valence-electron chi connectivity index (χ0n) is 8.07. The molecule has 0 fully saturated rings. The van der Waals surface area contributed by atoms with E-state index >= 15 is 0 Å². The first kappa shape index (κ1) is 11.8. The summed E-state index contributed by atoms with van der Waals surface area (Å²) in [7, 11) is 0. The fourth-order valence-electron chi connectivity index (χ4n) is 1.09. The summed E-state index contributed by atoms with van der Waals surface area (Å²) in [6, 6.07) is 0. The van der Waals surface area contributed by atoms with Gasteiger partial charge < -0.3 is 14.7 Å². The van der Waals surface area contributed by atoms with Crippen molar-refractivity contribution in [3.05, 3.63) is 0 Å². The molecule has 0 radical (unpaired) electrons. The van der Waals surface area contributed by atoms with Gasteiger partial charge >= 0.3 is 18.2 Å². The van der Waals surface area contributed by atoms with Crippen LogP contribution in [-0.4, -0.2) is 35.6 Å². The Kier molecular flexibility index (Phi) is 3.57. The first-order valence-electron chi connectivity index (χ1n) is 4.38. The molecule has 1 aliphatic heterocycles. The van der Waals surface area contributed by atoms with Gasteiger partial charge in [-0.1, -0.05) is 5.16 Å². The molecule has 7 heteroatoms. The third-order valence-corrected chi connectivity index (χ3v) is 1.78. The van der Waals surface area contributed by atoms with Crippen molar-refractivity contribution in [3.63, 3.8) is 0 Å². The van der Waals surface area contributed by atoms with Crippen LogP contribution in [0.5, 0.6) is 0 Å². The Labute approximate surface area is 84.7 Å². The van der Waals surface area contributed by atoms with Gasteiger partial charge in [0.25, 0.3) is 0 Å². The van der Waals surface area contributed by atoms with Gasteiger partial charge in [-0.3, -0.25) is 4.79 Å². The SMILES string of the molecule is CCOC(=O)CC1=NOC(O)(C(F)F)C1. The lowest BCUT2D eigenvalue weighted by atomic mass is 10.1. The lowest BCUT2D eigenvalue weighted by molar-refractivity contribution is -0.253. The minimum atomic E-state index is -3.07. The molecule has 1 unspecified atom stereocenters. The number of aliphatic hydroxyl groups is 1. The molecule has 1 rings (SSSR count). The summed E-state index contributed by atoms with van der Waals surface area (Å²) < 4.78 is 29.0. The van der Waals surface area contributed by atoms with E-state index in [-0.39, 0.29) is 18.7 Å². The molecular formula is C8H11F2NO4. The maximum Gasteiger partial charge on any atom is 0.311 e. The summed E-state index contributed by atoms with van der Waals surface area (Å²) in [5.74, 6) is -3.18. The van der Waals surface area contributed by atoms with E-state index in [9.17, 15) is 13.6 Å². The second-order valence-electron chi connectivity index (χ2n) is 3.05. The van der Waals surface area contributed by atoms with Crippen LogP contribution in [0.15, 0.2) is 5.16 Å². The molecule has 0 aliphatic carbocycles. The lowest BCUT2D eigenvalue weighted by Gasteiger charge is -2.17. The molecule has 0 aromatic rings. The van der Waals surface area contributed by atoms with Crippen molar-refractivity contribution >= 4 is 11.7 Å². The highest BCUT2D eigenvalue weighted by Gasteiger charge is 2.46. The molecule has 0 saturated heterocycles. The Morgan fingerprint density at radius 3 is 2.93 bits per heavy atom. The second-order valence-corrected chi connectivity index (χ2v) is 3.05. The smallest absolute Gasteiger partial charge is 0.311 e. The standard InChI is InChI=1S/C8H11F2NO4/c1-2-14-6(12)3-5-4-8(13,7(9)10)15-11-5/h7,13H,2-4H2,1H3. The van der Waals surface area contributed by atoms with Gasteiger partial charge in [-0.2, -0.15) is 0 Å². The highest BCUT2D eigenvalue weighted by Crippen LogP contribution is 2.28. The van der Waals surface area contributed by atoms with Crippen molar-refractivity contribution in [2.75, 3.05) is 6.61 Å². The molecular weight excluding hydrogens is 212 g/mol. The van der Waals surface area contributed by atoms with E-state index in [0.29, 0.717) is 0 Å². The number of alkyl halides is 2. The maximum atomic E-state index is 12.2. The van der Waals surface area contributed by atoms with Crippen LogP contribution in [0.4, 0.5) is 8.78 Å². The molecule has 1 heterocycles. The largest absolute Gasteiger partial charge is 0.466 e. The van der Waals surface area contributed by atoms with Crippen molar-refractivity contribution in [2.45, 2.75) is 32.0 Å². The van der Waals surface area contributed by atoms with Gasteiger partial charge in [0.15, 0.2) is 0 Å². The van der Waals surface area contributed by atoms with Crippen LogP contribution >= 0.6 is 0 Å². The maximum absolute atomic E-state index is 12.2. The Hall–Kier alpha value is -1.24. The number of esters is 1. The Balaban J connectivity index is 2.45. The van der Waals surface area contributed by atoms with Crippen LogP contribution < -0.4 is 0 Å². The van der Waals surface area contributed by atoms with Crippen LogP contribution in [0.2, 0.25) is 0 Å². The fourth-order valence-corrected chi connectivity index (χ4v) is 1.09. The summed E-state index contributed by atoms with van der Waals surface area (Å²) in [6.45, 7) is 1.83.